The monoisotopic (exact) mass is 300 g/mol. The van der Waals surface area contributed by atoms with E-state index in [0.717, 1.165) is 30.2 Å². The molecular weight excluding hydrogens is 276 g/mol. The molecule has 1 N–H and O–H groups in total. The van der Waals surface area contributed by atoms with Gasteiger partial charge >= 0.3 is 0 Å². The molecule has 0 bridgehead atoms. The summed E-state index contributed by atoms with van der Waals surface area (Å²) in [5, 5.41) is 3.23. The van der Waals surface area contributed by atoms with E-state index in [1.54, 1.807) is 6.20 Å². The molecule has 0 saturated heterocycles. The van der Waals surface area contributed by atoms with E-state index < -0.39 is 0 Å². The van der Waals surface area contributed by atoms with Crippen LogP contribution in [-0.4, -0.2) is 30.2 Å². The zero-order valence-corrected chi connectivity index (χ0v) is 13.5. The smallest absolute Gasteiger partial charge is 0.229 e. The number of rotatable bonds is 8. The quantitative estimate of drug-likeness (QED) is 0.802. The molecule has 2 aromatic rings. The van der Waals surface area contributed by atoms with Crippen molar-refractivity contribution in [3.05, 3.63) is 36.5 Å². The lowest BCUT2D eigenvalue weighted by Gasteiger charge is -2.18. The van der Waals surface area contributed by atoms with Gasteiger partial charge in [-0.05, 0) is 31.5 Å². The number of unbranched alkanes of at least 4 members (excludes halogenated alkanes) is 1. The number of hydrogen-bond donors (Lipinski definition) is 1. The zero-order valence-electron chi connectivity index (χ0n) is 13.5. The lowest BCUT2D eigenvalue weighted by atomic mass is 10.3. The average Bonchev–Trinajstić information content (AvgIpc) is 2.55. The minimum absolute atomic E-state index is 0.577. The van der Waals surface area contributed by atoms with E-state index in [4.69, 9.17) is 4.74 Å². The third-order valence-electron chi connectivity index (χ3n) is 3.31. The second-order valence-electron chi connectivity index (χ2n) is 5.07. The number of benzene rings is 1. The predicted octanol–water partition coefficient (Wildman–Crippen LogP) is 3.86. The van der Waals surface area contributed by atoms with Gasteiger partial charge < -0.3 is 15.0 Å². The summed E-state index contributed by atoms with van der Waals surface area (Å²) in [7, 11) is 2.05. The molecule has 0 atom stereocenters. The van der Waals surface area contributed by atoms with E-state index >= 15 is 0 Å². The van der Waals surface area contributed by atoms with Crippen molar-refractivity contribution in [1.29, 1.82) is 0 Å². The van der Waals surface area contributed by atoms with Gasteiger partial charge in [-0.1, -0.05) is 25.5 Å². The molecule has 5 heteroatoms. The van der Waals surface area contributed by atoms with Crippen LogP contribution in [0.25, 0.3) is 0 Å². The first kappa shape index (κ1) is 16.1. The van der Waals surface area contributed by atoms with Gasteiger partial charge in [0.2, 0.25) is 5.95 Å². The minimum Gasteiger partial charge on any atom is -0.492 e. The molecule has 22 heavy (non-hydrogen) atoms. The first-order chi connectivity index (χ1) is 10.7. The van der Waals surface area contributed by atoms with Crippen LogP contribution in [0.1, 0.15) is 26.7 Å². The number of hydrogen-bond acceptors (Lipinski definition) is 5. The maximum atomic E-state index is 5.61. The van der Waals surface area contributed by atoms with E-state index in [0.29, 0.717) is 12.6 Å². The molecule has 0 aliphatic rings. The molecule has 0 amide bonds. The van der Waals surface area contributed by atoms with Crippen molar-refractivity contribution >= 4 is 17.5 Å². The highest BCUT2D eigenvalue weighted by Gasteiger charge is 2.07. The van der Waals surface area contributed by atoms with Crippen LogP contribution in [0, 0.1) is 0 Å². The van der Waals surface area contributed by atoms with Crippen molar-refractivity contribution in [1.82, 2.24) is 9.97 Å². The van der Waals surface area contributed by atoms with Gasteiger partial charge in [-0.3, -0.25) is 0 Å². The van der Waals surface area contributed by atoms with Crippen molar-refractivity contribution in [2.75, 3.05) is 30.4 Å². The lowest BCUT2D eigenvalue weighted by molar-refractivity contribution is 0.342. The van der Waals surface area contributed by atoms with Crippen molar-refractivity contribution < 1.29 is 4.74 Å². The van der Waals surface area contributed by atoms with Crippen LogP contribution in [0.4, 0.5) is 17.5 Å². The van der Waals surface area contributed by atoms with Gasteiger partial charge in [0.05, 0.1) is 12.3 Å². The van der Waals surface area contributed by atoms with Crippen molar-refractivity contribution in [3.8, 4) is 5.75 Å². The molecule has 118 valence electrons. The summed E-state index contributed by atoms with van der Waals surface area (Å²) in [6, 6.07) is 9.73. The standard InChI is InChI=1S/C17H24N4O/c1-4-6-13-21(3)16-11-12-18-17(20-16)19-14-9-7-8-10-15(14)22-5-2/h7-12H,4-6,13H2,1-3H3,(H,18,19,20). The molecule has 0 saturated carbocycles. The average molecular weight is 300 g/mol. The summed E-state index contributed by atoms with van der Waals surface area (Å²) < 4.78 is 5.61. The van der Waals surface area contributed by atoms with Crippen LogP contribution in [0.3, 0.4) is 0 Å². The van der Waals surface area contributed by atoms with Gasteiger partial charge in [0.25, 0.3) is 0 Å². The molecule has 0 radical (unpaired) electrons. The fourth-order valence-electron chi connectivity index (χ4n) is 2.10. The highest BCUT2D eigenvalue weighted by molar-refractivity contribution is 5.63. The van der Waals surface area contributed by atoms with Crippen molar-refractivity contribution in [2.45, 2.75) is 26.7 Å². The van der Waals surface area contributed by atoms with Crippen molar-refractivity contribution in [3.63, 3.8) is 0 Å². The van der Waals surface area contributed by atoms with Crippen LogP contribution < -0.4 is 15.0 Å². The van der Waals surface area contributed by atoms with Gasteiger partial charge in [0.15, 0.2) is 0 Å². The van der Waals surface area contributed by atoms with Gasteiger partial charge in [0.1, 0.15) is 11.6 Å². The lowest BCUT2D eigenvalue weighted by Crippen LogP contribution is -2.20. The van der Waals surface area contributed by atoms with Crippen LogP contribution in [0.15, 0.2) is 36.5 Å². The highest BCUT2D eigenvalue weighted by atomic mass is 16.5. The molecule has 1 aromatic heterocycles. The van der Waals surface area contributed by atoms with Crippen LogP contribution in [0.5, 0.6) is 5.75 Å². The topological polar surface area (TPSA) is 50.3 Å². The van der Waals surface area contributed by atoms with Crippen molar-refractivity contribution in [2.24, 2.45) is 0 Å². The Morgan fingerprint density at radius 2 is 2.00 bits per heavy atom. The van der Waals surface area contributed by atoms with Gasteiger partial charge in [0, 0.05) is 19.8 Å². The largest absolute Gasteiger partial charge is 0.492 e. The summed E-state index contributed by atoms with van der Waals surface area (Å²) in [5.41, 5.74) is 0.873. The second kappa shape index (κ2) is 8.22. The molecule has 0 aliphatic heterocycles. The molecule has 1 heterocycles. The van der Waals surface area contributed by atoms with Crippen LogP contribution in [0.2, 0.25) is 0 Å². The fraction of sp³-hybridized carbons (Fsp3) is 0.412. The molecular formula is C17H24N4O. The fourth-order valence-corrected chi connectivity index (χ4v) is 2.10. The Morgan fingerprint density at radius 3 is 2.77 bits per heavy atom. The maximum Gasteiger partial charge on any atom is 0.229 e. The molecule has 1 aromatic carbocycles. The Labute approximate surface area is 132 Å². The summed E-state index contributed by atoms with van der Waals surface area (Å²) in [4.78, 5) is 11.0. The molecule has 2 rings (SSSR count). The van der Waals surface area contributed by atoms with Crippen LogP contribution >= 0.6 is 0 Å². The SMILES string of the molecule is CCCCN(C)c1ccnc(Nc2ccccc2OCC)n1. The Bertz CT molecular complexity index is 588. The number of nitrogens with zero attached hydrogens (tertiary/aromatic N) is 3. The van der Waals surface area contributed by atoms with Gasteiger partial charge in [-0.2, -0.15) is 4.98 Å². The third kappa shape index (κ3) is 4.35. The van der Waals surface area contributed by atoms with Crippen LogP contribution in [-0.2, 0) is 0 Å². The van der Waals surface area contributed by atoms with E-state index in [2.05, 4.69) is 34.2 Å². The third-order valence-corrected chi connectivity index (χ3v) is 3.31. The molecule has 5 nitrogen and oxygen atoms in total. The number of ether oxygens (including phenoxy) is 1. The summed E-state index contributed by atoms with van der Waals surface area (Å²) in [6.45, 7) is 5.77. The van der Waals surface area contributed by atoms with E-state index in [1.165, 1.54) is 6.42 Å². The second-order valence-corrected chi connectivity index (χ2v) is 5.07. The van der Waals surface area contributed by atoms with E-state index in [9.17, 15) is 0 Å². The molecule has 0 fully saturated rings. The van der Waals surface area contributed by atoms with Gasteiger partial charge in [-0.15, -0.1) is 0 Å². The molecule has 0 spiro atoms. The first-order valence-corrected chi connectivity index (χ1v) is 7.77. The van der Waals surface area contributed by atoms with E-state index in [-0.39, 0.29) is 0 Å². The predicted molar refractivity (Wildman–Crippen MR) is 91.1 cm³/mol. The number of aromatic nitrogens is 2. The zero-order chi connectivity index (χ0) is 15.8. The minimum atomic E-state index is 0.577. The Kier molecular flexibility index (Phi) is 6.01. The Balaban J connectivity index is 2.13. The Hall–Kier alpha value is -2.30. The van der Waals surface area contributed by atoms with E-state index in [1.807, 2.05) is 37.3 Å². The Morgan fingerprint density at radius 1 is 1.18 bits per heavy atom. The molecule has 0 unspecified atom stereocenters. The number of nitrogens with one attached hydrogen (secondary N) is 1. The number of para-hydroxylation sites is 2. The summed E-state index contributed by atoms with van der Waals surface area (Å²) >= 11 is 0. The summed E-state index contributed by atoms with van der Waals surface area (Å²) in [5.74, 6) is 2.30. The highest BCUT2D eigenvalue weighted by Crippen LogP contribution is 2.26. The molecule has 0 aliphatic carbocycles. The number of anilines is 3. The normalized spacial score (nSPS) is 10.3. The van der Waals surface area contributed by atoms with Gasteiger partial charge in [-0.25, -0.2) is 4.98 Å². The maximum absolute atomic E-state index is 5.61. The summed E-state index contributed by atoms with van der Waals surface area (Å²) in [6.07, 6.45) is 4.09. The first-order valence-electron chi connectivity index (χ1n) is 7.77.